The number of benzene rings is 1. The molecule has 2 aromatic rings. The van der Waals surface area contributed by atoms with Crippen LogP contribution in [0.25, 0.3) is 11.0 Å². The van der Waals surface area contributed by atoms with Gasteiger partial charge in [0.05, 0.1) is 0 Å². The standard InChI is InChI=1S/C15H17BrN2O2.ClH/c16-12-3-4-13-11(6-12)7-14(20-13)15(19)18-9-10-2-1-5-17-8-10;/h3-4,6-7,10,17H,1-2,5,8-9H2,(H,18,19);1H. The number of halogens is 2. The highest BCUT2D eigenvalue weighted by Gasteiger charge is 2.16. The lowest BCUT2D eigenvalue weighted by Crippen LogP contribution is -2.38. The molecule has 0 radical (unpaired) electrons. The molecule has 3 rings (SSSR count). The van der Waals surface area contributed by atoms with Gasteiger partial charge in [-0.2, -0.15) is 0 Å². The van der Waals surface area contributed by atoms with Crippen LogP contribution >= 0.6 is 28.3 Å². The zero-order chi connectivity index (χ0) is 13.9. The maximum Gasteiger partial charge on any atom is 0.287 e. The van der Waals surface area contributed by atoms with E-state index in [4.69, 9.17) is 4.42 Å². The van der Waals surface area contributed by atoms with Gasteiger partial charge < -0.3 is 15.1 Å². The van der Waals surface area contributed by atoms with Crippen molar-refractivity contribution in [2.24, 2.45) is 5.92 Å². The van der Waals surface area contributed by atoms with Crippen molar-refractivity contribution in [1.82, 2.24) is 10.6 Å². The molecule has 0 aliphatic carbocycles. The predicted molar refractivity (Wildman–Crippen MR) is 89.1 cm³/mol. The number of fused-ring (bicyclic) bond motifs is 1. The number of hydrogen-bond acceptors (Lipinski definition) is 3. The van der Waals surface area contributed by atoms with E-state index in [1.165, 1.54) is 12.8 Å². The number of rotatable bonds is 3. The average Bonchev–Trinajstić information content (AvgIpc) is 2.89. The van der Waals surface area contributed by atoms with E-state index >= 15 is 0 Å². The van der Waals surface area contributed by atoms with Gasteiger partial charge in [-0.25, -0.2) is 0 Å². The van der Waals surface area contributed by atoms with Crippen molar-refractivity contribution in [3.05, 3.63) is 34.5 Å². The van der Waals surface area contributed by atoms with Crippen molar-refractivity contribution in [3.63, 3.8) is 0 Å². The van der Waals surface area contributed by atoms with Crippen LogP contribution in [-0.2, 0) is 0 Å². The molecule has 2 N–H and O–H groups in total. The van der Waals surface area contributed by atoms with E-state index in [-0.39, 0.29) is 18.3 Å². The Bertz CT molecular complexity index is 623. The summed E-state index contributed by atoms with van der Waals surface area (Å²) in [5, 5.41) is 7.24. The summed E-state index contributed by atoms with van der Waals surface area (Å²) in [6.45, 7) is 2.77. The lowest BCUT2D eigenvalue weighted by molar-refractivity contribution is 0.0919. The van der Waals surface area contributed by atoms with Crippen LogP contribution in [-0.4, -0.2) is 25.5 Å². The minimum atomic E-state index is -0.136. The van der Waals surface area contributed by atoms with Crippen LogP contribution < -0.4 is 10.6 Å². The molecule has 1 unspecified atom stereocenters. The fourth-order valence-corrected chi connectivity index (χ4v) is 2.93. The minimum Gasteiger partial charge on any atom is -0.451 e. The smallest absolute Gasteiger partial charge is 0.287 e. The van der Waals surface area contributed by atoms with Crippen LogP contribution in [0.4, 0.5) is 0 Å². The normalized spacial score (nSPS) is 18.2. The summed E-state index contributed by atoms with van der Waals surface area (Å²) in [5.41, 5.74) is 0.734. The summed E-state index contributed by atoms with van der Waals surface area (Å²) < 4.78 is 6.55. The Labute approximate surface area is 138 Å². The predicted octanol–water partition coefficient (Wildman–Crippen LogP) is 3.35. The topological polar surface area (TPSA) is 54.3 Å². The lowest BCUT2D eigenvalue weighted by atomic mass is 10.00. The Kier molecular flexibility index (Phi) is 5.67. The zero-order valence-corrected chi connectivity index (χ0v) is 13.9. The summed E-state index contributed by atoms with van der Waals surface area (Å²) in [7, 11) is 0. The Morgan fingerprint density at radius 3 is 3.05 bits per heavy atom. The zero-order valence-electron chi connectivity index (χ0n) is 11.5. The van der Waals surface area contributed by atoms with Crippen LogP contribution in [0.15, 0.2) is 33.2 Å². The van der Waals surface area contributed by atoms with Gasteiger partial charge in [0, 0.05) is 16.4 Å². The molecule has 0 saturated carbocycles. The van der Waals surface area contributed by atoms with E-state index in [9.17, 15) is 4.79 Å². The van der Waals surface area contributed by atoms with Crippen molar-refractivity contribution in [2.45, 2.75) is 12.8 Å². The maximum atomic E-state index is 12.1. The highest BCUT2D eigenvalue weighted by atomic mass is 79.9. The second-order valence-corrected chi connectivity index (χ2v) is 6.13. The molecule has 1 aromatic carbocycles. The number of carbonyl (C=O) groups excluding carboxylic acids is 1. The van der Waals surface area contributed by atoms with Crippen molar-refractivity contribution >= 4 is 45.2 Å². The molecule has 0 bridgehead atoms. The van der Waals surface area contributed by atoms with Crippen LogP contribution in [0.2, 0.25) is 0 Å². The fourth-order valence-electron chi connectivity index (χ4n) is 2.55. The molecular weight excluding hydrogens is 356 g/mol. The summed E-state index contributed by atoms with van der Waals surface area (Å²) in [6, 6.07) is 7.50. The Morgan fingerprint density at radius 2 is 2.29 bits per heavy atom. The first-order chi connectivity index (χ1) is 9.72. The van der Waals surface area contributed by atoms with Gasteiger partial charge in [-0.05, 0) is 56.1 Å². The number of nitrogens with one attached hydrogen (secondary N) is 2. The molecule has 2 heterocycles. The Hall–Kier alpha value is -1.04. The lowest BCUT2D eigenvalue weighted by Gasteiger charge is -2.22. The summed E-state index contributed by atoms with van der Waals surface area (Å²) in [4.78, 5) is 12.1. The molecule has 114 valence electrons. The average molecular weight is 374 g/mol. The Balaban J connectivity index is 0.00000161. The van der Waals surface area contributed by atoms with Gasteiger partial charge in [0.2, 0.25) is 0 Å². The molecule has 1 atom stereocenters. The van der Waals surface area contributed by atoms with E-state index in [1.807, 2.05) is 18.2 Å². The van der Waals surface area contributed by atoms with E-state index < -0.39 is 0 Å². The first kappa shape index (κ1) is 16.3. The Morgan fingerprint density at radius 1 is 1.43 bits per heavy atom. The summed E-state index contributed by atoms with van der Waals surface area (Å²) in [5.74, 6) is 0.760. The molecule has 0 spiro atoms. The number of carbonyl (C=O) groups is 1. The van der Waals surface area contributed by atoms with Crippen molar-refractivity contribution in [1.29, 1.82) is 0 Å². The van der Waals surface area contributed by atoms with E-state index in [0.29, 0.717) is 18.2 Å². The SMILES string of the molecule is Cl.O=C(NCC1CCCNC1)c1cc2cc(Br)ccc2o1. The van der Waals surface area contributed by atoms with Crippen LogP contribution in [0.3, 0.4) is 0 Å². The fraction of sp³-hybridized carbons (Fsp3) is 0.400. The van der Waals surface area contributed by atoms with Crippen molar-refractivity contribution in [3.8, 4) is 0 Å². The second-order valence-electron chi connectivity index (χ2n) is 5.22. The maximum absolute atomic E-state index is 12.1. The van der Waals surface area contributed by atoms with Crippen LogP contribution in [0.1, 0.15) is 23.4 Å². The quantitative estimate of drug-likeness (QED) is 0.867. The third-order valence-corrected chi connectivity index (χ3v) is 4.15. The molecule has 1 aliphatic rings. The van der Waals surface area contributed by atoms with Crippen molar-refractivity contribution in [2.75, 3.05) is 19.6 Å². The van der Waals surface area contributed by atoms with Gasteiger partial charge in [-0.3, -0.25) is 4.79 Å². The summed E-state index contributed by atoms with van der Waals surface area (Å²) >= 11 is 3.41. The molecule has 1 saturated heterocycles. The van der Waals surface area contributed by atoms with E-state index in [0.717, 1.165) is 28.5 Å². The minimum absolute atomic E-state index is 0. The largest absolute Gasteiger partial charge is 0.451 e. The van der Waals surface area contributed by atoms with Gasteiger partial charge in [0.25, 0.3) is 5.91 Å². The molecule has 4 nitrogen and oxygen atoms in total. The molecule has 1 fully saturated rings. The number of furan rings is 1. The molecular formula is C15H18BrClN2O2. The highest BCUT2D eigenvalue weighted by Crippen LogP contribution is 2.23. The molecule has 1 aromatic heterocycles. The van der Waals surface area contributed by atoms with Gasteiger partial charge in [-0.15, -0.1) is 12.4 Å². The van der Waals surface area contributed by atoms with Gasteiger partial charge in [0.1, 0.15) is 5.58 Å². The number of amides is 1. The van der Waals surface area contributed by atoms with Gasteiger partial charge in [0.15, 0.2) is 5.76 Å². The highest BCUT2D eigenvalue weighted by molar-refractivity contribution is 9.10. The monoisotopic (exact) mass is 372 g/mol. The molecule has 21 heavy (non-hydrogen) atoms. The van der Waals surface area contributed by atoms with Crippen LogP contribution in [0.5, 0.6) is 0 Å². The molecule has 1 amide bonds. The first-order valence-corrected chi connectivity index (χ1v) is 7.70. The van der Waals surface area contributed by atoms with Gasteiger partial charge in [-0.1, -0.05) is 15.9 Å². The van der Waals surface area contributed by atoms with E-state index in [2.05, 4.69) is 26.6 Å². The first-order valence-electron chi connectivity index (χ1n) is 6.90. The molecule has 1 aliphatic heterocycles. The second kappa shape index (κ2) is 7.29. The van der Waals surface area contributed by atoms with Gasteiger partial charge >= 0.3 is 0 Å². The number of piperidine rings is 1. The third-order valence-electron chi connectivity index (χ3n) is 3.65. The third kappa shape index (κ3) is 3.99. The van der Waals surface area contributed by atoms with Crippen molar-refractivity contribution < 1.29 is 9.21 Å². The van der Waals surface area contributed by atoms with E-state index in [1.54, 1.807) is 6.07 Å². The number of hydrogen-bond donors (Lipinski definition) is 2. The van der Waals surface area contributed by atoms with Crippen LogP contribution in [0, 0.1) is 5.92 Å². The summed E-state index contributed by atoms with van der Waals surface area (Å²) in [6.07, 6.45) is 2.35. The molecule has 6 heteroatoms.